The lowest BCUT2D eigenvalue weighted by molar-refractivity contribution is -0.193. The molecule has 0 aliphatic carbocycles. The van der Waals surface area contributed by atoms with Crippen LogP contribution in [0.15, 0.2) is 57.1 Å². The van der Waals surface area contributed by atoms with Crippen LogP contribution in [0, 0.1) is 0 Å². The van der Waals surface area contributed by atoms with E-state index >= 15 is 0 Å². The lowest BCUT2D eigenvalue weighted by atomic mass is 10.1. The van der Waals surface area contributed by atoms with Gasteiger partial charge in [-0.1, -0.05) is 34.1 Å². The highest BCUT2D eigenvalue weighted by Gasteiger charge is 2.43. The number of nitrogens with zero attached hydrogens (tertiary/aromatic N) is 3. The van der Waals surface area contributed by atoms with Gasteiger partial charge in [-0.15, -0.1) is 10.2 Å². The van der Waals surface area contributed by atoms with Crippen LogP contribution >= 0.6 is 27.7 Å². The molecule has 12 heteroatoms. The van der Waals surface area contributed by atoms with Crippen LogP contribution in [-0.4, -0.2) is 38.5 Å². The maximum Gasteiger partial charge on any atom is 0.491 e. The number of pyridine rings is 1. The van der Waals surface area contributed by atoms with E-state index in [4.69, 9.17) is 0 Å². The second-order valence-electron chi connectivity index (χ2n) is 5.15. The summed E-state index contributed by atoms with van der Waals surface area (Å²) in [5, 5.41) is 9.55. The molecular weight excluding hydrogens is 465 g/mol. The summed E-state index contributed by atoms with van der Waals surface area (Å²) in [4.78, 5) is 26.7. The molecule has 0 saturated heterocycles. The molecule has 2 aromatic heterocycles. The molecule has 144 valence electrons. The minimum Gasteiger partial charge on any atom is -0.381 e. The predicted molar refractivity (Wildman–Crippen MR) is 94.4 cm³/mol. The molecular formula is C16H8BrF3N4O3S. The van der Waals surface area contributed by atoms with Crippen LogP contribution in [0.4, 0.5) is 13.2 Å². The van der Waals surface area contributed by atoms with Gasteiger partial charge >= 0.3 is 18.1 Å². The molecule has 7 nitrogen and oxygen atoms in total. The van der Waals surface area contributed by atoms with Gasteiger partial charge in [0.1, 0.15) is 5.03 Å². The van der Waals surface area contributed by atoms with Crippen molar-refractivity contribution in [2.24, 2.45) is 0 Å². The molecule has 1 aromatic carbocycles. The lowest BCUT2D eigenvalue weighted by Gasteiger charge is -2.05. The summed E-state index contributed by atoms with van der Waals surface area (Å²) >= 11 is 4.22. The average Bonchev–Trinajstić information content (AvgIpc) is 3.10. The first-order chi connectivity index (χ1) is 13.2. The quantitative estimate of drug-likeness (QED) is 0.452. The lowest BCUT2D eigenvalue weighted by Crippen LogP contribution is -2.28. The number of halogens is 4. The number of hydrogen-bond acceptors (Lipinski definition) is 7. The summed E-state index contributed by atoms with van der Waals surface area (Å²) in [6.45, 7) is 0. The summed E-state index contributed by atoms with van der Waals surface area (Å²) in [5.41, 5.74) is 1.22. The number of aromatic amines is 1. The standard InChI is InChI=1S/C16H8BrF3N4O3S/c17-10-4-1-8(2-5-10)9-3-6-11(21-7-9)28-13-12(22-24-23-13)14(25)27-15(26)16(18,19)20/h1-7H,(H,22,23,24). The summed E-state index contributed by atoms with van der Waals surface area (Å²) in [7, 11) is 0. The fraction of sp³-hybridized carbons (Fsp3) is 0.0625. The molecule has 2 heterocycles. The van der Waals surface area contributed by atoms with E-state index in [-0.39, 0.29) is 5.03 Å². The Labute approximate surface area is 167 Å². The number of aromatic nitrogens is 4. The fourth-order valence-electron chi connectivity index (χ4n) is 1.97. The Morgan fingerprint density at radius 2 is 1.71 bits per heavy atom. The SMILES string of the molecule is O=C(OC(=O)C(F)(F)F)c1n[nH]nc1Sc1ccc(-c2ccc(Br)cc2)cn1. The molecule has 0 atom stereocenters. The zero-order chi connectivity index (χ0) is 20.3. The molecule has 3 rings (SSSR count). The zero-order valence-corrected chi connectivity index (χ0v) is 15.9. The summed E-state index contributed by atoms with van der Waals surface area (Å²) < 4.78 is 41.3. The number of hydrogen-bond donors (Lipinski definition) is 1. The van der Waals surface area contributed by atoms with Crippen LogP contribution in [0.3, 0.4) is 0 Å². The number of H-pyrrole nitrogens is 1. The maximum absolute atomic E-state index is 12.2. The molecule has 0 spiro atoms. The number of benzene rings is 1. The van der Waals surface area contributed by atoms with Crippen molar-refractivity contribution >= 4 is 39.6 Å². The predicted octanol–water partition coefficient (Wildman–Crippen LogP) is 4.03. The summed E-state index contributed by atoms with van der Waals surface area (Å²) in [6.07, 6.45) is -3.70. The molecule has 0 saturated carbocycles. The number of alkyl halides is 3. The number of carbonyl (C=O) groups is 2. The van der Waals surface area contributed by atoms with E-state index in [1.54, 1.807) is 18.3 Å². The molecule has 0 radical (unpaired) electrons. The smallest absolute Gasteiger partial charge is 0.381 e. The third-order valence-corrected chi connectivity index (χ3v) is 4.70. The van der Waals surface area contributed by atoms with Gasteiger partial charge in [0.2, 0.25) is 5.69 Å². The third-order valence-electron chi connectivity index (χ3n) is 3.24. The highest BCUT2D eigenvalue weighted by Crippen LogP contribution is 2.29. The van der Waals surface area contributed by atoms with Crippen molar-refractivity contribution in [1.29, 1.82) is 0 Å². The fourth-order valence-corrected chi connectivity index (χ4v) is 2.98. The number of ether oxygens (including phenoxy) is 1. The molecule has 3 aromatic rings. The van der Waals surface area contributed by atoms with Crippen LogP contribution < -0.4 is 0 Å². The zero-order valence-electron chi connectivity index (χ0n) is 13.5. The first-order valence-electron chi connectivity index (χ1n) is 7.38. The molecule has 0 amide bonds. The normalized spacial score (nSPS) is 11.3. The Balaban J connectivity index is 1.73. The van der Waals surface area contributed by atoms with Gasteiger partial charge in [-0.2, -0.15) is 18.4 Å². The van der Waals surface area contributed by atoms with Crippen molar-refractivity contribution in [3.8, 4) is 11.1 Å². The third kappa shape index (κ3) is 4.75. The largest absolute Gasteiger partial charge is 0.491 e. The van der Waals surface area contributed by atoms with E-state index in [1.807, 2.05) is 24.3 Å². The Morgan fingerprint density at radius 3 is 2.32 bits per heavy atom. The molecule has 0 aliphatic rings. The van der Waals surface area contributed by atoms with Crippen LogP contribution in [-0.2, 0) is 9.53 Å². The van der Waals surface area contributed by atoms with E-state index in [0.717, 1.165) is 27.4 Å². The molecule has 0 aliphatic heterocycles. The number of carbonyl (C=O) groups excluding carboxylic acids is 2. The van der Waals surface area contributed by atoms with Gasteiger partial charge in [0.05, 0.1) is 0 Å². The van der Waals surface area contributed by atoms with Crippen LogP contribution in [0.1, 0.15) is 10.5 Å². The highest BCUT2D eigenvalue weighted by molar-refractivity contribution is 9.10. The van der Waals surface area contributed by atoms with E-state index in [1.165, 1.54) is 0 Å². The average molecular weight is 473 g/mol. The van der Waals surface area contributed by atoms with Crippen molar-refractivity contribution in [2.75, 3.05) is 0 Å². The molecule has 1 N–H and O–H groups in total. The van der Waals surface area contributed by atoms with Gasteiger partial charge in [0.15, 0.2) is 5.03 Å². The monoisotopic (exact) mass is 472 g/mol. The minimum absolute atomic E-state index is 0.0798. The van der Waals surface area contributed by atoms with Crippen LogP contribution in [0.2, 0.25) is 0 Å². The second kappa shape index (κ2) is 8.10. The van der Waals surface area contributed by atoms with Crippen molar-refractivity contribution in [3.63, 3.8) is 0 Å². The Morgan fingerprint density at radius 1 is 1.04 bits per heavy atom. The second-order valence-corrected chi connectivity index (χ2v) is 7.07. The van der Waals surface area contributed by atoms with Crippen molar-refractivity contribution in [2.45, 2.75) is 16.2 Å². The maximum atomic E-state index is 12.2. The van der Waals surface area contributed by atoms with Crippen molar-refractivity contribution in [1.82, 2.24) is 20.4 Å². The van der Waals surface area contributed by atoms with E-state index in [2.05, 4.69) is 41.1 Å². The molecule has 28 heavy (non-hydrogen) atoms. The number of nitrogens with one attached hydrogen (secondary N) is 1. The van der Waals surface area contributed by atoms with E-state index < -0.39 is 23.8 Å². The highest BCUT2D eigenvalue weighted by atomic mass is 79.9. The van der Waals surface area contributed by atoms with Crippen molar-refractivity contribution < 1.29 is 27.5 Å². The van der Waals surface area contributed by atoms with Crippen LogP contribution in [0.5, 0.6) is 0 Å². The minimum atomic E-state index is -5.29. The molecule has 0 fully saturated rings. The summed E-state index contributed by atoms with van der Waals surface area (Å²) in [5.74, 6) is -4.20. The van der Waals surface area contributed by atoms with Gasteiger partial charge in [-0.25, -0.2) is 14.6 Å². The van der Waals surface area contributed by atoms with E-state index in [0.29, 0.717) is 5.03 Å². The van der Waals surface area contributed by atoms with Crippen molar-refractivity contribution in [3.05, 3.63) is 52.8 Å². The van der Waals surface area contributed by atoms with Gasteiger partial charge in [-0.05, 0) is 35.5 Å². The molecule has 0 bridgehead atoms. The van der Waals surface area contributed by atoms with Gasteiger partial charge in [-0.3, -0.25) is 0 Å². The van der Waals surface area contributed by atoms with Gasteiger partial charge in [0.25, 0.3) is 0 Å². The summed E-state index contributed by atoms with van der Waals surface area (Å²) in [6, 6.07) is 11.0. The first-order valence-corrected chi connectivity index (χ1v) is 8.99. The number of rotatable bonds is 4. The Hall–Kier alpha value is -2.73. The van der Waals surface area contributed by atoms with Crippen LogP contribution in [0.25, 0.3) is 11.1 Å². The molecule has 0 unspecified atom stereocenters. The first kappa shape index (κ1) is 20.0. The van der Waals surface area contributed by atoms with E-state index in [9.17, 15) is 22.8 Å². The topological polar surface area (TPSA) is 97.8 Å². The number of esters is 2. The Kier molecular flexibility index (Phi) is 5.79. The van der Waals surface area contributed by atoms with Gasteiger partial charge in [0, 0.05) is 16.2 Å². The Bertz CT molecular complexity index is 1010. The van der Waals surface area contributed by atoms with Gasteiger partial charge < -0.3 is 4.74 Å².